The van der Waals surface area contributed by atoms with Gasteiger partial charge in [0.1, 0.15) is 11.8 Å². The molecule has 1 atom stereocenters. The first-order valence-electron chi connectivity index (χ1n) is 7.57. The summed E-state index contributed by atoms with van der Waals surface area (Å²) in [6.45, 7) is 2.27. The van der Waals surface area contributed by atoms with Crippen molar-refractivity contribution >= 4 is 16.0 Å². The van der Waals surface area contributed by atoms with E-state index < -0.39 is 10.0 Å². The molecule has 2 aliphatic rings. The van der Waals surface area contributed by atoms with Crippen LogP contribution in [0.1, 0.15) is 6.42 Å². The van der Waals surface area contributed by atoms with Crippen LogP contribution in [0.25, 0.3) is 0 Å². The molecule has 0 spiro atoms. The zero-order valence-electron chi connectivity index (χ0n) is 13.0. The fraction of sp³-hybridized carbons (Fsp3) is 0.533. The standard InChI is InChI=1S/C15H20N2O5S/c1-21-12-2-4-13(5-3-12)23(19,20)17-9-7-16(8-10-17)14-6-11-22-15(14)18/h2-5,14H,6-11H2,1H3/t14-/m0/s1. The van der Waals surface area contributed by atoms with Crippen molar-refractivity contribution in [3.63, 3.8) is 0 Å². The lowest BCUT2D eigenvalue weighted by molar-refractivity contribution is -0.142. The minimum atomic E-state index is -3.51. The predicted octanol–water partition coefficient (Wildman–Crippen LogP) is 0.317. The van der Waals surface area contributed by atoms with E-state index in [0.717, 1.165) is 0 Å². The largest absolute Gasteiger partial charge is 0.497 e. The highest BCUT2D eigenvalue weighted by molar-refractivity contribution is 7.89. The van der Waals surface area contributed by atoms with Crippen molar-refractivity contribution < 1.29 is 22.7 Å². The molecular formula is C15H20N2O5S. The van der Waals surface area contributed by atoms with Gasteiger partial charge < -0.3 is 9.47 Å². The van der Waals surface area contributed by atoms with Gasteiger partial charge in [-0.25, -0.2) is 8.42 Å². The zero-order chi connectivity index (χ0) is 16.4. The summed E-state index contributed by atoms with van der Waals surface area (Å²) in [7, 11) is -1.97. The van der Waals surface area contributed by atoms with Crippen molar-refractivity contribution in [1.29, 1.82) is 0 Å². The van der Waals surface area contributed by atoms with Gasteiger partial charge >= 0.3 is 5.97 Å². The third-order valence-electron chi connectivity index (χ3n) is 4.32. The van der Waals surface area contributed by atoms with Gasteiger partial charge in [-0.2, -0.15) is 4.31 Å². The van der Waals surface area contributed by atoms with Crippen LogP contribution in [0, 0.1) is 0 Å². The molecule has 1 aromatic rings. The molecule has 0 unspecified atom stereocenters. The maximum atomic E-state index is 12.7. The van der Waals surface area contributed by atoms with Gasteiger partial charge in [-0.15, -0.1) is 0 Å². The average Bonchev–Trinajstić information content (AvgIpc) is 3.01. The Morgan fingerprint density at radius 1 is 1.13 bits per heavy atom. The first kappa shape index (κ1) is 16.2. The van der Waals surface area contributed by atoms with Gasteiger partial charge in [-0.3, -0.25) is 9.69 Å². The monoisotopic (exact) mass is 340 g/mol. The highest BCUT2D eigenvalue weighted by Gasteiger charge is 2.36. The van der Waals surface area contributed by atoms with E-state index in [1.54, 1.807) is 24.3 Å². The molecule has 0 saturated carbocycles. The van der Waals surface area contributed by atoms with E-state index in [0.29, 0.717) is 45.0 Å². The second-order valence-corrected chi connectivity index (χ2v) is 7.53. The highest BCUT2D eigenvalue weighted by atomic mass is 32.2. The third-order valence-corrected chi connectivity index (χ3v) is 6.23. The summed E-state index contributed by atoms with van der Waals surface area (Å²) >= 11 is 0. The molecule has 0 aliphatic carbocycles. The average molecular weight is 340 g/mol. The molecular weight excluding hydrogens is 320 g/mol. The topological polar surface area (TPSA) is 76.2 Å². The SMILES string of the molecule is COc1ccc(S(=O)(=O)N2CCN([C@H]3CCOC3=O)CC2)cc1. The third kappa shape index (κ3) is 3.19. The molecule has 23 heavy (non-hydrogen) atoms. The molecule has 2 fully saturated rings. The Labute approximate surface area is 135 Å². The van der Waals surface area contributed by atoms with Crippen LogP contribution >= 0.6 is 0 Å². The minimum Gasteiger partial charge on any atom is -0.497 e. The van der Waals surface area contributed by atoms with Crippen molar-refractivity contribution in [3.8, 4) is 5.75 Å². The number of benzene rings is 1. The second-order valence-electron chi connectivity index (χ2n) is 5.59. The van der Waals surface area contributed by atoms with Crippen molar-refractivity contribution in [2.24, 2.45) is 0 Å². The summed E-state index contributed by atoms with van der Waals surface area (Å²) < 4.78 is 36.8. The number of methoxy groups -OCH3 is 1. The van der Waals surface area contributed by atoms with Crippen LogP contribution in [-0.2, 0) is 19.6 Å². The van der Waals surface area contributed by atoms with Gasteiger partial charge in [0.2, 0.25) is 10.0 Å². The van der Waals surface area contributed by atoms with Crippen molar-refractivity contribution in [1.82, 2.24) is 9.21 Å². The van der Waals surface area contributed by atoms with E-state index >= 15 is 0 Å². The maximum absolute atomic E-state index is 12.7. The lowest BCUT2D eigenvalue weighted by Crippen LogP contribution is -2.52. The van der Waals surface area contributed by atoms with E-state index in [-0.39, 0.29) is 16.9 Å². The Morgan fingerprint density at radius 3 is 2.30 bits per heavy atom. The summed E-state index contributed by atoms with van der Waals surface area (Å²) in [5, 5.41) is 0. The van der Waals surface area contributed by atoms with Gasteiger partial charge in [0, 0.05) is 32.6 Å². The molecule has 3 rings (SSSR count). The van der Waals surface area contributed by atoms with Gasteiger partial charge in [-0.1, -0.05) is 0 Å². The number of sulfonamides is 1. The molecule has 0 radical (unpaired) electrons. The number of hydrogen-bond acceptors (Lipinski definition) is 6. The normalized spacial score (nSPS) is 23.7. The van der Waals surface area contributed by atoms with Crippen LogP contribution in [0.3, 0.4) is 0 Å². The summed E-state index contributed by atoms with van der Waals surface area (Å²) in [6, 6.07) is 6.15. The first-order valence-corrected chi connectivity index (χ1v) is 9.01. The molecule has 126 valence electrons. The molecule has 0 bridgehead atoms. The number of piperazine rings is 1. The van der Waals surface area contributed by atoms with Crippen molar-refractivity contribution in [2.75, 3.05) is 39.9 Å². The number of cyclic esters (lactones) is 1. The number of nitrogens with zero attached hydrogens (tertiary/aromatic N) is 2. The lowest BCUT2D eigenvalue weighted by atomic mass is 10.2. The molecule has 0 aromatic heterocycles. The van der Waals surface area contributed by atoms with Crippen LogP contribution in [-0.4, -0.2) is 69.5 Å². The maximum Gasteiger partial charge on any atom is 0.323 e. The number of esters is 1. The van der Waals surface area contributed by atoms with Crippen LogP contribution < -0.4 is 4.74 Å². The van der Waals surface area contributed by atoms with E-state index in [4.69, 9.17) is 9.47 Å². The van der Waals surface area contributed by atoms with E-state index in [1.807, 2.05) is 4.90 Å². The quantitative estimate of drug-likeness (QED) is 0.735. The molecule has 8 heteroatoms. The first-order chi connectivity index (χ1) is 11.0. The summed E-state index contributed by atoms with van der Waals surface area (Å²) in [5.74, 6) is 0.421. The van der Waals surface area contributed by atoms with Crippen molar-refractivity contribution in [2.45, 2.75) is 17.4 Å². The fourth-order valence-electron chi connectivity index (χ4n) is 2.97. The molecule has 2 heterocycles. The lowest BCUT2D eigenvalue weighted by Gasteiger charge is -2.35. The van der Waals surface area contributed by atoms with E-state index in [9.17, 15) is 13.2 Å². The highest BCUT2D eigenvalue weighted by Crippen LogP contribution is 2.22. The number of ether oxygens (including phenoxy) is 2. The number of hydrogen-bond donors (Lipinski definition) is 0. The molecule has 1 aromatic carbocycles. The smallest absolute Gasteiger partial charge is 0.323 e. The predicted molar refractivity (Wildman–Crippen MR) is 82.7 cm³/mol. The van der Waals surface area contributed by atoms with Crippen LogP contribution in [0.5, 0.6) is 5.75 Å². The van der Waals surface area contributed by atoms with E-state index in [2.05, 4.69) is 0 Å². The number of rotatable bonds is 4. The fourth-order valence-corrected chi connectivity index (χ4v) is 4.39. The van der Waals surface area contributed by atoms with Crippen LogP contribution in [0.4, 0.5) is 0 Å². The van der Waals surface area contributed by atoms with Gasteiger partial charge in [0.05, 0.1) is 18.6 Å². The van der Waals surface area contributed by atoms with Crippen LogP contribution in [0.15, 0.2) is 29.2 Å². The van der Waals surface area contributed by atoms with Gasteiger partial charge in [0.15, 0.2) is 0 Å². The van der Waals surface area contributed by atoms with Gasteiger partial charge in [0.25, 0.3) is 0 Å². The van der Waals surface area contributed by atoms with Crippen molar-refractivity contribution in [3.05, 3.63) is 24.3 Å². The number of carbonyl (C=O) groups excluding carboxylic acids is 1. The molecule has 0 N–H and O–H groups in total. The Hall–Kier alpha value is -1.64. The molecule has 7 nitrogen and oxygen atoms in total. The number of carbonyl (C=O) groups is 1. The Kier molecular flexibility index (Phi) is 4.56. The minimum absolute atomic E-state index is 0.198. The van der Waals surface area contributed by atoms with E-state index in [1.165, 1.54) is 11.4 Å². The summed E-state index contributed by atoms with van der Waals surface area (Å²) in [5.41, 5.74) is 0. The summed E-state index contributed by atoms with van der Waals surface area (Å²) in [6.07, 6.45) is 0.685. The zero-order valence-corrected chi connectivity index (χ0v) is 13.8. The Morgan fingerprint density at radius 2 is 1.78 bits per heavy atom. The van der Waals surface area contributed by atoms with Gasteiger partial charge in [-0.05, 0) is 24.3 Å². The molecule has 2 aliphatic heterocycles. The molecule has 2 saturated heterocycles. The summed E-state index contributed by atoms with van der Waals surface area (Å²) in [4.78, 5) is 13.9. The molecule has 0 amide bonds. The Bertz CT molecular complexity index is 666. The Balaban J connectivity index is 1.67. The van der Waals surface area contributed by atoms with Crippen LogP contribution in [0.2, 0.25) is 0 Å². The second kappa shape index (κ2) is 6.46.